The van der Waals surface area contributed by atoms with Gasteiger partial charge in [0.15, 0.2) is 0 Å². The third kappa shape index (κ3) is 8.22. The first-order valence-electron chi connectivity index (χ1n) is 8.14. The van der Waals surface area contributed by atoms with Crippen molar-refractivity contribution in [1.29, 1.82) is 0 Å². The van der Waals surface area contributed by atoms with Gasteiger partial charge in [-0.2, -0.15) is 0 Å². The van der Waals surface area contributed by atoms with Crippen molar-refractivity contribution < 1.29 is 0 Å². The van der Waals surface area contributed by atoms with E-state index in [1.54, 1.807) is 0 Å². The van der Waals surface area contributed by atoms with Crippen molar-refractivity contribution in [1.82, 2.24) is 0 Å². The van der Waals surface area contributed by atoms with Crippen LogP contribution in [-0.4, -0.2) is 7.85 Å². The Morgan fingerprint density at radius 3 is 1.94 bits per heavy atom. The summed E-state index contributed by atoms with van der Waals surface area (Å²) in [5.74, 6) is 3.63. The van der Waals surface area contributed by atoms with Gasteiger partial charge in [0.05, 0.1) is 7.85 Å². The molecule has 2 radical (unpaired) electrons. The highest BCUT2D eigenvalue weighted by molar-refractivity contribution is 6.11. The topological polar surface area (TPSA) is 0 Å². The molecule has 106 valence electrons. The molecule has 0 heterocycles. The molecule has 1 heteroatoms. The van der Waals surface area contributed by atoms with Crippen LogP contribution in [0.3, 0.4) is 0 Å². The van der Waals surface area contributed by atoms with Gasteiger partial charge in [0.25, 0.3) is 0 Å². The molecule has 4 atom stereocenters. The molecule has 0 rings (SSSR count). The lowest BCUT2D eigenvalue weighted by atomic mass is 9.72. The van der Waals surface area contributed by atoms with E-state index in [-0.39, 0.29) is 0 Å². The second-order valence-electron chi connectivity index (χ2n) is 6.87. The van der Waals surface area contributed by atoms with E-state index in [2.05, 4.69) is 41.5 Å². The second-order valence-corrected chi connectivity index (χ2v) is 6.87. The first kappa shape index (κ1) is 18.1. The van der Waals surface area contributed by atoms with Crippen molar-refractivity contribution in [2.24, 2.45) is 23.7 Å². The molecule has 0 saturated heterocycles. The van der Waals surface area contributed by atoms with E-state index in [1.807, 2.05) is 0 Å². The zero-order chi connectivity index (χ0) is 14.1. The number of hydrogen-bond acceptors (Lipinski definition) is 0. The highest BCUT2D eigenvalue weighted by atomic mass is 14.2. The van der Waals surface area contributed by atoms with Crippen LogP contribution < -0.4 is 0 Å². The van der Waals surface area contributed by atoms with Crippen molar-refractivity contribution in [3.63, 3.8) is 0 Å². The average Bonchev–Trinajstić information content (AvgIpc) is 2.32. The molecule has 0 N–H and O–H groups in total. The molecular weight excluding hydrogens is 215 g/mol. The molecular formula is C17H35B. The fraction of sp³-hybridized carbons (Fsp3) is 1.00. The van der Waals surface area contributed by atoms with Crippen molar-refractivity contribution in [2.45, 2.75) is 85.9 Å². The van der Waals surface area contributed by atoms with E-state index in [0.29, 0.717) is 5.82 Å². The predicted molar refractivity (Wildman–Crippen MR) is 85.2 cm³/mol. The van der Waals surface area contributed by atoms with Gasteiger partial charge in [-0.05, 0) is 23.7 Å². The lowest BCUT2D eigenvalue weighted by Gasteiger charge is -2.26. The molecule has 0 aliphatic heterocycles. The number of hydrogen-bond donors (Lipinski definition) is 0. The van der Waals surface area contributed by atoms with E-state index in [9.17, 15) is 0 Å². The molecule has 0 aromatic carbocycles. The summed E-state index contributed by atoms with van der Waals surface area (Å²) in [5.41, 5.74) is 0. The summed E-state index contributed by atoms with van der Waals surface area (Å²) in [6.45, 7) is 14.0. The molecule has 0 aromatic rings. The normalized spacial score (nSPS) is 18.6. The molecule has 0 saturated carbocycles. The van der Waals surface area contributed by atoms with Crippen LogP contribution in [0.15, 0.2) is 0 Å². The van der Waals surface area contributed by atoms with E-state index in [4.69, 9.17) is 7.85 Å². The van der Waals surface area contributed by atoms with Gasteiger partial charge >= 0.3 is 0 Å². The Hall–Kier alpha value is 0.0649. The lowest BCUT2D eigenvalue weighted by Crippen LogP contribution is -2.16. The molecule has 0 amide bonds. The smallest absolute Gasteiger partial charge is 0.0699 e. The van der Waals surface area contributed by atoms with Gasteiger partial charge < -0.3 is 0 Å². The summed E-state index contributed by atoms with van der Waals surface area (Å²) in [7, 11) is 6.26. The first-order chi connectivity index (χ1) is 8.38. The Bertz CT molecular complexity index is 188. The third-order valence-electron chi connectivity index (χ3n) is 4.84. The molecule has 0 aromatic heterocycles. The predicted octanol–water partition coefficient (Wildman–Crippen LogP) is 5.87. The summed E-state index contributed by atoms with van der Waals surface area (Å²) < 4.78 is 0. The Balaban J connectivity index is 3.67. The minimum absolute atomic E-state index is 0.415. The van der Waals surface area contributed by atoms with E-state index >= 15 is 0 Å². The Morgan fingerprint density at radius 1 is 0.889 bits per heavy atom. The molecule has 0 aliphatic carbocycles. The van der Waals surface area contributed by atoms with Crippen molar-refractivity contribution in [3.8, 4) is 0 Å². The second kappa shape index (κ2) is 9.93. The van der Waals surface area contributed by atoms with E-state index in [0.717, 1.165) is 23.7 Å². The van der Waals surface area contributed by atoms with Crippen molar-refractivity contribution >= 4 is 7.85 Å². The lowest BCUT2D eigenvalue weighted by molar-refractivity contribution is 0.275. The minimum atomic E-state index is 0.415. The van der Waals surface area contributed by atoms with Crippen LogP contribution in [0.5, 0.6) is 0 Å². The maximum absolute atomic E-state index is 6.26. The maximum Gasteiger partial charge on any atom is 0.0699 e. The molecule has 0 bridgehead atoms. The number of unbranched alkanes of at least 4 members (excludes halogenated alkanes) is 1. The largest absolute Gasteiger partial charge is 0.0771 e. The van der Waals surface area contributed by atoms with Crippen LogP contribution >= 0.6 is 0 Å². The Labute approximate surface area is 118 Å². The third-order valence-corrected chi connectivity index (χ3v) is 4.84. The van der Waals surface area contributed by atoms with Gasteiger partial charge in [0.2, 0.25) is 0 Å². The summed E-state index contributed by atoms with van der Waals surface area (Å²) in [6, 6.07) is 0. The molecule has 0 spiro atoms. The van der Waals surface area contributed by atoms with Crippen LogP contribution in [0.25, 0.3) is 0 Å². The highest BCUT2D eigenvalue weighted by Crippen LogP contribution is 2.29. The van der Waals surface area contributed by atoms with Crippen molar-refractivity contribution in [2.75, 3.05) is 0 Å². The summed E-state index contributed by atoms with van der Waals surface area (Å²) in [5, 5.41) is 0. The van der Waals surface area contributed by atoms with Crippen LogP contribution in [0.2, 0.25) is 5.82 Å². The highest BCUT2D eigenvalue weighted by Gasteiger charge is 2.17. The molecule has 0 fully saturated rings. The summed E-state index contributed by atoms with van der Waals surface area (Å²) in [4.78, 5) is 0. The van der Waals surface area contributed by atoms with Gasteiger partial charge in [-0.1, -0.05) is 85.9 Å². The van der Waals surface area contributed by atoms with E-state index < -0.39 is 0 Å². The summed E-state index contributed by atoms with van der Waals surface area (Å²) in [6.07, 6.45) is 7.77. The van der Waals surface area contributed by atoms with Gasteiger partial charge in [0.1, 0.15) is 0 Å². The zero-order valence-electron chi connectivity index (χ0n) is 13.7. The minimum Gasteiger partial charge on any atom is -0.0771 e. The van der Waals surface area contributed by atoms with Crippen LogP contribution in [-0.2, 0) is 0 Å². The average molecular weight is 250 g/mol. The molecule has 1 unspecified atom stereocenters. The maximum atomic E-state index is 6.26. The van der Waals surface area contributed by atoms with Crippen LogP contribution in [0.1, 0.15) is 80.1 Å². The monoisotopic (exact) mass is 250 g/mol. The van der Waals surface area contributed by atoms with Crippen molar-refractivity contribution in [3.05, 3.63) is 0 Å². The van der Waals surface area contributed by atoms with Gasteiger partial charge in [0, 0.05) is 0 Å². The Morgan fingerprint density at radius 2 is 1.44 bits per heavy atom. The zero-order valence-corrected chi connectivity index (χ0v) is 13.7. The fourth-order valence-electron chi connectivity index (χ4n) is 2.57. The molecule has 0 nitrogen and oxygen atoms in total. The van der Waals surface area contributed by atoms with Gasteiger partial charge in [-0.3, -0.25) is 0 Å². The Kier molecular flexibility index (Phi) is 9.96. The van der Waals surface area contributed by atoms with Gasteiger partial charge in [-0.15, -0.1) is 0 Å². The molecule has 18 heavy (non-hydrogen) atoms. The van der Waals surface area contributed by atoms with E-state index in [1.165, 1.54) is 38.5 Å². The first-order valence-corrected chi connectivity index (χ1v) is 8.14. The van der Waals surface area contributed by atoms with Crippen LogP contribution in [0, 0.1) is 23.7 Å². The quantitative estimate of drug-likeness (QED) is 0.336. The summed E-state index contributed by atoms with van der Waals surface area (Å²) >= 11 is 0. The number of rotatable bonds is 10. The SMILES string of the molecule is [B][C@H](CCCC[C@H](C)CC)C[C@@H](C)C(C)C(C)C. The standard InChI is InChI=1S/C17H35B/c1-7-14(4)10-8-9-11-17(18)12-15(5)16(6)13(2)3/h13-17H,7-12H2,1-6H3/t14-,15-,16?,17-/m1/s1. The fourth-order valence-corrected chi connectivity index (χ4v) is 2.57. The molecule has 0 aliphatic rings. The van der Waals surface area contributed by atoms with Gasteiger partial charge in [-0.25, -0.2) is 0 Å². The van der Waals surface area contributed by atoms with Crippen LogP contribution in [0.4, 0.5) is 0 Å².